The molecule has 0 aromatic heterocycles. The van der Waals surface area contributed by atoms with Crippen molar-refractivity contribution >= 4 is 11.7 Å². The number of benzene rings is 1. The van der Waals surface area contributed by atoms with Gasteiger partial charge in [-0.2, -0.15) is 0 Å². The molecule has 1 aromatic carbocycles. The Hall–Kier alpha value is -2.31. The minimum absolute atomic E-state index is 0.172. The van der Waals surface area contributed by atoms with E-state index in [4.69, 9.17) is 9.47 Å². The highest BCUT2D eigenvalue weighted by atomic mass is 16.6. The molecule has 0 aliphatic rings. The van der Waals surface area contributed by atoms with Crippen molar-refractivity contribution in [1.29, 1.82) is 0 Å². The van der Waals surface area contributed by atoms with Gasteiger partial charge in [0.2, 0.25) is 0 Å². The third-order valence-corrected chi connectivity index (χ3v) is 2.39. The number of rotatable bonds is 6. The quantitative estimate of drug-likeness (QED) is 0.455. The molecule has 0 unspecified atom stereocenters. The maximum atomic E-state index is 11.7. The Balaban J connectivity index is 3.45. The highest BCUT2D eigenvalue weighted by molar-refractivity contribution is 5.95. The van der Waals surface area contributed by atoms with E-state index in [0.29, 0.717) is 0 Å². The van der Waals surface area contributed by atoms with Crippen molar-refractivity contribution in [2.75, 3.05) is 7.11 Å². The number of nitro groups is 1. The van der Waals surface area contributed by atoms with Crippen molar-refractivity contribution in [2.24, 2.45) is 0 Å². The Morgan fingerprint density at radius 2 is 1.57 bits per heavy atom. The smallest absolute Gasteiger partial charge is 0.345 e. The molecule has 0 atom stereocenters. The fourth-order valence-corrected chi connectivity index (χ4v) is 1.67. The summed E-state index contributed by atoms with van der Waals surface area (Å²) in [6.45, 7) is 7.19. The fourth-order valence-electron chi connectivity index (χ4n) is 1.67. The van der Waals surface area contributed by atoms with Gasteiger partial charge in [-0.15, -0.1) is 0 Å². The lowest BCUT2D eigenvalue weighted by Gasteiger charge is -2.17. The van der Waals surface area contributed by atoms with Gasteiger partial charge < -0.3 is 14.2 Å². The second kappa shape index (κ2) is 6.92. The van der Waals surface area contributed by atoms with Crippen LogP contribution < -0.4 is 9.47 Å². The average Bonchev–Trinajstić information content (AvgIpc) is 2.37. The molecule has 0 saturated carbocycles. The zero-order chi connectivity index (χ0) is 16.2. The Morgan fingerprint density at radius 1 is 1.10 bits per heavy atom. The molecule has 0 aliphatic carbocycles. The monoisotopic (exact) mass is 297 g/mol. The van der Waals surface area contributed by atoms with E-state index in [1.54, 1.807) is 27.7 Å². The fraction of sp³-hybridized carbons (Fsp3) is 0.500. The second-order valence-corrected chi connectivity index (χ2v) is 4.90. The number of methoxy groups -OCH3 is 1. The summed E-state index contributed by atoms with van der Waals surface area (Å²) in [4.78, 5) is 22.1. The van der Waals surface area contributed by atoms with Crippen LogP contribution in [0.25, 0.3) is 0 Å². The van der Waals surface area contributed by atoms with Gasteiger partial charge in [0.1, 0.15) is 5.56 Å². The molecule has 0 bridgehead atoms. The first-order chi connectivity index (χ1) is 9.76. The average molecular weight is 297 g/mol. The van der Waals surface area contributed by atoms with E-state index in [-0.39, 0.29) is 35.0 Å². The second-order valence-electron chi connectivity index (χ2n) is 4.90. The van der Waals surface area contributed by atoms with Crippen LogP contribution in [0, 0.1) is 10.1 Å². The zero-order valence-corrected chi connectivity index (χ0v) is 12.7. The summed E-state index contributed by atoms with van der Waals surface area (Å²) in [6.07, 6.45) is -0.366. The largest absolute Gasteiger partial charge is 0.487 e. The number of carbonyl (C=O) groups excluding carboxylic acids is 1. The summed E-state index contributed by atoms with van der Waals surface area (Å²) in [7, 11) is 1.16. The summed E-state index contributed by atoms with van der Waals surface area (Å²) < 4.78 is 15.7. The maximum absolute atomic E-state index is 11.7. The van der Waals surface area contributed by atoms with Gasteiger partial charge in [0.25, 0.3) is 5.69 Å². The first kappa shape index (κ1) is 16.7. The highest BCUT2D eigenvalue weighted by Gasteiger charge is 2.26. The standard InChI is InChI=1S/C14H19NO6/c1-8(2)20-12-6-10(14(16)19-5)11(15(17)18)7-13(12)21-9(3)4/h6-9H,1-5H3. The minimum atomic E-state index is -0.800. The van der Waals surface area contributed by atoms with E-state index in [9.17, 15) is 14.9 Å². The maximum Gasteiger partial charge on any atom is 0.345 e. The summed E-state index contributed by atoms with van der Waals surface area (Å²) in [5.41, 5.74) is -0.553. The molecule has 0 fully saturated rings. The van der Waals surface area contributed by atoms with E-state index < -0.39 is 10.9 Å². The van der Waals surface area contributed by atoms with Crippen molar-refractivity contribution in [3.63, 3.8) is 0 Å². The molecule has 0 aliphatic heterocycles. The third-order valence-electron chi connectivity index (χ3n) is 2.39. The number of nitrogens with zero attached hydrogens (tertiary/aromatic N) is 1. The summed E-state index contributed by atoms with van der Waals surface area (Å²) in [5.74, 6) is -0.311. The molecule has 0 saturated heterocycles. The van der Waals surface area contributed by atoms with Gasteiger partial charge >= 0.3 is 5.97 Å². The summed E-state index contributed by atoms with van der Waals surface area (Å²) in [6, 6.07) is 2.46. The van der Waals surface area contributed by atoms with Crippen LogP contribution in [0.15, 0.2) is 12.1 Å². The molecular formula is C14H19NO6. The Bertz CT molecular complexity index is 539. The van der Waals surface area contributed by atoms with Gasteiger partial charge in [-0.3, -0.25) is 10.1 Å². The van der Waals surface area contributed by atoms with Gasteiger partial charge in [-0.25, -0.2) is 4.79 Å². The van der Waals surface area contributed by atoms with Crippen LogP contribution in [-0.2, 0) is 4.74 Å². The SMILES string of the molecule is COC(=O)c1cc(OC(C)C)c(OC(C)C)cc1[N+](=O)[O-]. The zero-order valence-electron chi connectivity index (χ0n) is 12.7. The molecule has 0 amide bonds. The molecule has 7 heteroatoms. The normalized spacial score (nSPS) is 10.6. The molecule has 0 heterocycles. The van der Waals surface area contributed by atoms with Crippen LogP contribution >= 0.6 is 0 Å². The van der Waals surface area contributed by atoms with E-state index in [2.05, 4.69) is 4.74 Å². The van der Waals surface area contributed by atoms with E-state index in [0.717, 1.165) is 7.11 Å². The lowest BCUT2D eigenvalue weighted by Crippen LogP contribution is -2.13. The number of esters is 1. The minimum Gasteiger partial charge on any atom is -0.487 e. The number of hydrogen-bond acceptors (Lipinski definition) is 6. The number of carbonyl (C=O) groups is 1. The lowest BCUT2D eigenvalue weighted by atomic mass is 10.1. The van der Waals surface area contributed by atoms with Gasteiger partial charge in [0.15, 0.2) is 11.5 Å². The molecule has 1 aromatic rings. The highest BCUT2D eigenvalue weighted by Crippen LogP contribution is 2.36. The van der Waals surface area contributed by atoms with Crippen LogP contribution in [0.3, 0.4) is 0 Å². The van der Waals surface area contributed by atoms with Crippen LogP contribution in [0.2, 0.25) is 0 Å². The number of ether oxygens (including phenoxy) is 3. The predicted molar refractivity (Wildman–Crippen MR) is 76.0 cm³/mol. The van der Waals surface area contributed by atoms with Crippen molar-refractivity contribution in [3.8, 4) is 11.5 Å². The van der Waals surface area contributed by atoms with E-state index in [1.807, 2.05) is 0 Å². The lowest BCUT2D eigenvalue weighted by molar-refractivity contribution is -0.385. The predicted octanol–water partition coefficient (Wildman–Crippen LogP) is 2.96. The van der Waals surface area contributed by atoms with Crippen molar-refractivity contribution in [3.05, 3.63) is 27.8 Å². The first-order valence-electron chi connectivity index (χ1n) is 6.50. The molecule has 21 heavy (non-hydrogen) atoms. The van der Waals surface area contributed by atoms with Crippen LogP contribution in [-0.4, -0.2) is 30.2 Å². The first-order valence-corrected chi connectivity index (χ1v) is 6.50. The summed E-state index contributed by atoms with van der Waals surface area (Å²) >= 11 is 0. The van der Waals surface area contributed by atoms with Gasteiger partial charge in [0.05, 0.1) is 30.3 Å². The van der Waals surface area contributed by atoms with Crippen molar-refractivity contribution in [2.45, 2.75) is 39.9 Å². The van der Waals surface area contributed by atoms with Gasteiger partial charge in [0, 0.05) is 6.07 Å². The Kier molecular flexibility index (Phi) is 5.52. The third kappa shape index (κ3) is 4.34. The molecule has 116 valence electrons. The molecule has 0 spiro atoms. The Morgan fingerprint density at radius 3 is 1.95 bits per heavy atom. The van der Waals surface area contributed by atoms with Gasteiger partial charge in [-0.1, -0.05) is 0 Å². The van der Waals surface area contributed by atoms with E-state index >= 15 is 0 Å². The molecule has 0 radical (unpaired) electrons. The van der Waals surface area contributed by atoms with Crippen molar-refractivity contribution in [1.82, 2.24) is 0 Å². The van der Waals surface area contributed by atoms with E-state index in [1.165, 1.54) is 12.1 Å². The van der Waals surface area contributed by atoms with Crippen LogP contribution in [0.1, 0.15) is 38.1 Å². The van der Waals surface area contributed by atoms with Crippen molar-refractivity contribution < 1.29 is 23.9 Å². The topological polar surface area (TPSA) is 87.9 Å². The molecular weight excluding hydrogens is 278 g/mol. The van der Waals surface area contributed by atoms with Crippen LogP contribution in [0.4, 0.5) is 5.69 Å². The Labute approximate surface area is 123 Å². The molecule has 7 nitrogen and oxygen atoms in total. The molecule has 0 N–H and O–H groups in total. The number of nitro benzene ring substituents is 1. The number of hydrogen-bond donors (Lipinski definition) is 0. The molecule has 1 rings (SSSR count). The summed E-state index contributed by atoms with van der Waals surface area (Å²) in [5, 5.41) is 11.1. The van der Waals surface area contributed by atoms with Gasteiger partial charge in [-0.05, 0) is 27.7 Å². The van der Waals surface area contributed by atoms with Crippen LogP contribution in [0.5, 0.6) is 11.5 Å².